The minimum atomic E-state index is 0.445. The lowest BCUT2D eigenvalue weighted by atomic mass is 9.76. The van der Waals surface area contributed by atoms with Crippen LogP contribution in [-0.4, -0.2) is 6.04 Å². The number of fused-ring (bicyclic) bond motifs is 5. The molecule has 1 N–H and O–H groups in total. The van der Waals surface area contributed by atoms with Crippen molar-refractivity contribution in [2.24, 2.45) is 17.8 Å². The molecule has 0 aliphatic heterocycles. The Morgan fingerprint density at radius 2 is 1.61 bits per heavy atom. The van der Waals surface area contributed by atoms with Crippen molar-refractivity contribution < 1.29 is 0 Å². The van der Waals surface area contributed by atoms with Crippen molar-refractivity contribution in [3.8, 4) is 0 Å². The Hall–Kier alpha value is -2.06. The fourth-order valence-electron chi connectivity index (χ4n) is 5.74. The molecule has 1 fully saturated rings. The zero-order valence-corrected chi connectivity index (χ0v) is 18.0. The first-order valence-electron chi connectivity index (χ1n) is 10.6. The van der Waals surface area contributed by atoms with E-state index in [9.17, 15) is 0 Å². The van der Waals surface area contributed by atoms with Gasteiger partial charge >= 0.3 is 0 Å². The standard InChI is InChI=1S/C26H29NS/c1-15(2)27-21-11-7-5-9-18(21)24-16(3)17(4)25-20(24)13-14-23-26(25)19-10-6-8-12-22(19)28-23/h5-17,20,24-25,27H,1-4H3/t16?,17?,20-,24?,25?/m1/s1. The molecular formula is C26H29NS. The fraction of sp³-hybridized carbons (Fsp3) is 0.385. The second kappa shape index (κ2) is 6.77. The maximum atomic E-state index is 3.70. The maximum Gasteiger partial charge on any atom is 0.0377 e. The highest BCUT2D eigenvalue weighted by Crippen LogP contribution is 2.61. The van der Waals surface area contributed by atoms with Crippen LogP contribution in [0.2, 0.25) is 0 Å². The van der Waals surface area contributed by atoms with Crippen molar-refractivity contribution in [2.45, 2.75) is 45.6 Å². The van der Waals surface area contributed by atoms with Crippen molar-refractivity contribution >= 4 is 33.2 Å². The van der Waals surface area contributed by atoms with E-state index in [1.165, 1.54) is 26.2 Å². The lowest BCUT2D eigenvalue weighted by molar-refractivity contribution is 0.403. The van der Waals surface area contributed by atoms with Crippen molar-refractivity contribution in [3.63, 3.8) is 0 Å². The molecule has 2 heteroatoms. The van der Waals surface area contributed by atoms with Crippen LogP contribution in [0.1, 0.15) is 55.5 Å². The number of nitrogens with one attached hydrogen (secondary N) is 1. The van der Waals surface area contributed by atoms with Gasteiger partial charge in [0.2, 0.25) is 0 Å². The topological polar surface area (TPSA) is 12.0 Å². The first-order chi connectivity index (χ1) is 13.6. The Morgan fingerprint density at radius 3 is 2.43 bits per heavy atom. The third-order valence-electron chi connectivity index (χ3n) is 7.02. The second-order valence-electron chi connectivity index (χ2n) is 8.97. The Kier molecular flexibility index (Phi) is 4.35. The molecule has 5 atom stereocenters. The molecule has 0 amide bonds. The van der Waals surface area contributed by atoms with E-state index in [0.29, 0.717) is 35.6 Å². The van der Waals surface area contributed by atoms with Crippen LogP contribution in [0.25, 0.3) is 16.2 Å². The van der Waals surface area contributed by atoms with Gasteiger partial charge in [0.05, 0.1) is 0 Å². The van der Waals surface area contributed by atoms with Gasteiger partial charge < -0.3 is 5.32 Å². The van der Waals surface area contributed by atoms with Gasteiger partial charge in [0.15, 0.2) is 0 Å². The summed E-state index contributed by atoms with van der Waals surface area (Å²) in [5.41, 5.74) is 4.43. The molecule has 1 heterocycles. The number of hydrogen-bond acceptors (Lipinski definition) is 2. The molecule has 2 aromatic carbocycles. The van der Waals surface area contributed by atoms with Gasteiger partial charge in [-0.2, -0.15) is 0 Å². The van der Waals surface area contributed by atoms with E-state index in [1.54, 1.807) is 5.56 Å². The van der Waals surface area contributed by atoms with E-state index >= 15 is 0 Å². The number of rotatable bonds is 3. The molecule has 0 bridgehead atoms. The van der Waals surface area contributed by atoms with Gasteiger partial charge in [0.25, 0.3) is 0 Å². The minimum Gasteiger partial charge on any atom is -0.383 e. The zero-order valence-electron chi connectivity index (χ0n) is 17.1. The van der Waals surface area contributed by atoms with Crippen molar-refractivity contribution in [1.82, 2.24) is 0 Å². The molecule has 0 spiro atoms. The van der Waals surface area contributed by atoms with Gasteiger partial charge in [-0.05, 0) is 78.2 Å². The van der Waals surface area contributed by atoms with E-state index < -0.39 is 0 Å². The highest BCUT2D eigenvalue weighted by molar-refractivity contribution is 7.20. The maximum absolute atomic E-state index is 3.70. The van der Waals surface area contributed by atoms with Crippen LogP contribution in [0.4, 0.5) is 5.69 Å². The summed E-state index contributed by atoms with van der Waals surface area (Å²) in [5.74, 6) is 3.07. The van der Waals surface area contributed by atoms with Crippen LogP contribution in [-0.2, 0) is 0 Å². The highest BCUT2D eigenvalue weighted by Gasteiger charge is 2.49. The summed E-state index contributed by atoms with van der Waals surface area (Å²) in [7, 11) is 0. The summed E-state index contributed by atoms with van der Waals surface area (Å²) in [5, 5.41) is 5.18. The van der Waals surface area contributed by atoms with E-state index in [-0.39, 0.29) is 0 Å². The van der Waals surface area contributed by atoms with E-state index in [0.717, 1.165) is 0 Å². The third-order valence-corrected chi connectivity index (χ3v) is 8.17. The predicted molar refractivity (Wildman–Crippen MR) is 123 cm³/mol. The molecule has 28 heavy (non-hydrogen) atoms. The molecule has 144 valence electrons. The monoisotopic (exact) mass is 387 g/mol. The van der Waals surface area contributed by atoms with Crippen LogP contribution in [0.3, 0.4) is 0 Å². The first-order valence-corrected chi connectivity index (χ1v) is 11.4. The SMILES string of the molecule is CC(C)Nc1ccccc1C1C(C)C(C)C2c3c(sc4ccccc34)C=C[C@H]12. The lowest BCUT2D eigenvalue weighted by Crippen LogP contribution is -2.18. The number of thiophene rings is 1. The number of allylic oxidation sites excluding steroid dienone is 1. The van der Waals surface area contributed by atoms with Gasteiger partial charge in [-0.15, -0.1) is 11.3 Å². The van der Waals surface area contributed by atoms with E-state index in [4.69, 9.17) is 0 Å². The van der Waals surface area contributed by atoms with E-state index in [1.807, 2.05) is 11.3 Å². The molecule has 5 rings (SSSR count). The lowest BCUT2D eigenvalue weighted by Gasteiger charge is -2.29. The predicted octanol–water partition coefficient (Wildman–Crippen LogP) is 7.52. The van der Waals surface area contributed by atoms with Crippen LogP contribution >= 0.6 is 11.3 Å². The molecule has 3 aromatic rings. The Labute approximate surface area is 172 Å². The largest absolute Gasteiger partial charge is 0.383 e. The van der Waals surface area contributed by atoms with Gasteiger partial charge in [-0.3, -0.25) is 0 Å². The van der Waals surface area contributed by atoms with Gasteiger partial charge in [0.1, 0.15) is 0 Å². The summed E-state index contributed by atoms with van der Waals surface area (Å²) in [4.78, 5) is 1.48. The van der Waals surface area contributed by atoms with Crippen molar-refractivity contribution in [1.29, 1.82) is 0 Å². The number of hydrogen-bond donors (Lipinski definition) is 1. The van der Waals surface area contributed by atoms with Gasteiger partial charge in [0, 0.05) is 21.3 Å². The third kappa shape index (κ3) is 2.65. The van der Waals surface area contributed by atoms with Crippen LogP contribution in [0.15, 0.2) is 54.6 Å². The molecular weight excluding hydrogens is 358 g/mol. The van der Waals surface area contributed by atoms with E-state index in [2.05, 4.69) is 93.7 Å². The molecule has 0 saturated heterocycles. The summed E-state index contributed by atoms with van der Waals surface area (Å²) in [6, 6.07) is 18.4. The summed E-state index contributed by atoms with van der Waals surface area (Å²) in [6.07, 6.45) is 4.94. The van der Waals surface area contributed by atoms with Crippen molar-refractivity contribution in [2.75, 3.05) is 5.32 Å². The summed E-state index contributed by atoms with van der Waals surface area (Å²) < 4.78 is 1.43. The second-order valence-corrected chi connectivity index (χ2v) is 10.1. The van der Waals surface area contributed by atoms with Crippen LogP contribution in [0.5, 0.6) is 0 Å². The molecule has 2 aliphatic rings. The Bertz CT molecular complexity index is 1040. The number of para-hydroxylation sites is 1. The summed E-state index contributed by atoms with van der Waals surface area (Å²) in [6.45, 7) is 9.41. The molecule has 2 aliphatic carbocycles. The van der Waals surface area contributed by atoms with Gasteiger partial charge in [-0.25, -0.2) is 0 Å². The van der Waals surface area contributed by atoms with Crippen LogP contribution in [0, 0.1) is 17.8 Å². The smallest absolute Gasteiger partial charge is 0.0377 e. The number of anilines is 1. The average molecular weight is 388 g/mol. The van der Waals surface area contributed by atoms with Crippen molar-refractivity contribution in [3.05, 3.63) is 70.6 Å². The minimum absolute atomic E-state index is 0.445. The van der Waals surface area contributed by atoms with Crippen LogP contribution < -0.4 is 5.32 Å². The highest BCUT2D eigenvalue weighted by atomic mass is 32.1. The zero-order chi connectivity index (χ0) is 19.4. The fourth-order valence-corrected chi connectivity index (χ4v) is 6.92. The molecule has 1 aromatic heterocycles. The van der Waals surface area contributed by atoms with Gasteiger partial charge in [-0.1, -0.05) is 56.3 Å². The Balaban J connectivity index is 1.63. The molecule has 0 radical (unpaired) electrons. The molecule has 1 nitrogen and oxygen atoms in total. The molecule has 1 saturated carbocycles. The normalized spacial score (nSPS) is 28.5. The molecule has 4 unspecified atom stereocenters. The average Bonchev–Trinajstić information content (AvgIpc) is 3.17. The Morgan fingerprint density at radius 1 is 0.893 bits per heavy atom. The summed E-state index contributed by atoms with van der Waals surface area (Å²) >= 11 is 1.96. The number of benzene rings is 2. The quantitative estimate of drug-likeness (QED) is 0.490. The first kappa shape index (κ1) is 18.0.